The number of rotatable bonds is 9. The highest BCUT2D eigenvalue weighted by atomic mass is 32.2. The minimum atomic E-state index is -0.0986. The van der Waals surface area contributed by atoms with E-state index in [1.165, 1.54) is 16.7 Å². The smallest absolute Gasteiger partial charge is 0.250 e. The van der Waals surface area contributed by atoms with E-state index in [4.69, 9.17) is 4.74 Å². The number of hydrogen-bond donors (Lipinski definition) is 1. The zero-order valence-electron chi connectivity index (χ0n) is 15.6. The van der Waals surface area contributed by atoms with Crippen LogP contribution in [0.4, 0.5) is 0 Å². The number of carbonyl (C=O) groups excluding carboxylic acids is 1. The molecule has 2 rings (SSSR count). The van der Waals surface area contributed by atoms with Crippen LogP contribution in [0.2, 0.25) is 0 Å². The summed E-state index contributed by atoms with van der Waals surface area (Å²) in [5.41, 5.74) is 7.23. The molecule has 0 fully saturated rings. The summed E-state index contributed by atoms with van der Waals surface area (Å²) in [5.74, 6) is 1.95. The van der Waals surface area contributed by atoms with E-state index in [0.717, 1.165) is 23.5 Å². The van der Waals surface area contributed by atoms with Crippen molar-refractivity contribution in [2.24, 2.45) is 5.10 Å². The van der Waals surface area contributed by atoms with Crippen molar-refractivity contribution in [3.05, 3.63) is 64.7 Å². The quantitative estimate of drug-likeness (QED) is 0.523. The van der Waals surface area contributed by atoms with Crippen molar-refractivity contribution in [1.82, 2.24) is 5.43 Å². The third-order valence-electron chi connectivity index (χ3n) is 3.54. The van der Waals surface area contributed by atoms with Crippen LogP contribution in [0.5, 0.6) is 5.75 Å². The summed E-state index contributed by atoms with van der Waals surface area (Å²) >= 11 is 1.59. The van der Waals surface area contributed by atoms with Crippen LogP contribution in [0.25, 0.3) is 0 Å². The van der Waals surface area contributed by atoms with E-state index in [0.29, 0.717) is 12.4 Å². The second-order valence-corrected chi connectivity index (χ2v) is 7.19. The number of carbonyl (C=O) groups is 1. The summed E-state index contributed by atoms with van der Waals surface area (Å²) < 4.78 is 5.53. The summed E-state index contributed by atoms with van der Waals surface area (Å²) in [6.45, 7) is 6.96. The van der Waals surface area contributed by atoms with Crippen LogP contribution in [0, 0.1) is 13.8 Å². The number of hydrogen-bond acceptors (Lipinski definition) is 4. The van der Waals surface area contributed by atoms with Crippen LogP contribution in [0.3, 0.4) is 0 Å². The van der Waals surface area contributed by atoms with Gasteiger partial charge >= 0.3 is 0 Å². The van der Waals surface area contributed by atoms with Gasteiger partial charge in [-0.05, 0) is 55.7 Å². The molecule has 0 aliphatic rings. The molecule has 0 saturated carbocycles. The van der Waals surface area contributed by atoms with Crippen molar-refractivity contribution in [1.29, 1.82) is 0 Å². The number of thioether (sulfide) groups is 1. The van der Waals surface area contributed by atoms with Crippen LogP contribution in [0.15, 0.2) is 47.6 Å². The van der Waals surface area contributed by atoms with Crippen molar-refractivity contribution >= 4 is 23.9 Å². The predicted octanol–water partition coefficient (Wildman–Crippen LogP) is 4.48. The molecule has 138 valence electrons. The van der Waals surface area contributed by atoms with E-state index < -0.39 is 0 Å². The average molecular weight is 371 g/mol. The van der Waals surface area contributed by atoms with Crippen LogP contribution in [-0.4, -0.2) is 24.5 Å². The predicted molar refractivity (Wildman–Crippen MR) is 110 cm³/mol. The molecule has 2 aromatic carbocycles. The number of nitrogens with one attached hydrogen (secondary N) is 1. The number of amides is 1. The van der Waals surface area contributed by atoms with Crippen molar-refractivity contribution in [2.45, 2.75) is 32.9 Å². The van der Waals surface area contributed by atoms with E-state index in [1.54, 1.807) is 18.0 Å². The second-order valence-electron chi connectivity index (χ2n) is 6.20. The van der Waals surface area contributed by atoms with Gasteiger partial charge < -0.3 is 4.74 Å². The third kappa shape index (κ3) is 7.31. The maximum absolute atomic E-state index is 11.9. The van der Waals surface area contributed by atoms with E-state index in [-0.39, 0.29) is 5.91 Å². The fourth-order valence-corrected chi connectivity index (χ4v) is 3.25. The number of aryl methyl sites for hydroxylation is 2. The SMILES string of the molecule is CCCOc1ccc(/C=N\NC(=O)CSCc2cc(C)cc(C)c2)cc1. The standard InChI is InChI=1S/C21H26N2O2S/c1-4-9-25-20-7-5-18(6-8-20)13-22-23-21(24)15-26-14-19-11-16(2)10-17(3)12-19/h5-8,10-13H,4,9,14-15H2,1-3H3,(H,23,24)/b22-13-. The van der Waals surface area contributed by atoms with Crippen molar-refractivity contribution < 1.29 is 9.53 Å². The van der Waals surface area contributed by atoms with E-state index in [9.17, 15) is 4.79 Å². The minimum absolute atomic E-state index is 0.0986. The van der Waals surface area contributed by atoms with Gasteiger partial charge in [0.05, 0.1) is 18.6 Å². The number of ether oxygens (including phenoxy) is 1. The monoisotopic (exact) mass is 370 g/mol. The molecule has 0 atom stereocenters. The zero-order chi connectivity index (χ0) is 18.8. The zero-order valence-corrected chi connectivity index (χ0v) is 16.4. The lowest BCUT2D eigenvalue weighted by atomic mass is 10.1. The topological polar surface area (TPSA) is 50.7 Å². The van der Waals surface area contributed by atoms with Crippen molar-refractivity contribution in [3.8, 4) is 5.75 Å². The summed E-state index contributed by atoms with van der Waals surface area (Å²) in [5, 5.41) is 4.01. The molecule has 0 saturated heterocycles. The summed E-state index contributed by atoms with van der Waals surface area (Å²) in [6, 6.07) is 14.1. The Morgan fingerprint density at radius 2 is 1.85 bits per heavy atom. The van der Waals surface area contributed by atoms with Crippen molar-refractivity contribution in [2.75, 3.05) is 12.4 Å². The molecule has 1 N–H and O–H groups in total. The van der Waals surface area contributed by atoms with Gasteiger partial charge in [0.15, 0.2) is 0 Å². The molecule has 0 unspecified atom stereocenters. The van der Waals surface area contributed by atoms with Crippen LogP contribution in [0.1, 0.15) is 35.6 Å². The lowest BCUT2D eigenvalue weighted by Gasteiger charge is -2.05. The summed E-state index contributed by atoms with van der Waals surface area (Å²) in [6.07, 6.45) is 2.62. The number of hydrazone groups is 1. The van der Waals surface area contributed by atoms with Gasteiger partial charge in [0.2, 0.25) is 5.91 Å². The van der Waals surface area contributed by atoms with Gasteiger partial charge in [-0.3, -0.25) is 4.79 Å². The third-order valence-corrected chi connectivity index (χ3v) is 4.54. The number of benzene rings is 2. The summed E-state index contributed by atoms with van der Waals surface area (Å²) in [7, 11) is 0. The summed E-state index contributed by atoms with van der Waals surface area (Å²) in [4.78, 5) is 11.9. The highest BCUT2D eigenvalue weighted by Gasteiger charge is 2.02. The molecule has 0 aliphatic carbocycles. The average Bonchev–Trinajstić information content (AvgIpc) is 2.60. The first kappa shape index (κ1) is 20.0. The van der Waals surface area contributed by atoms with Crippen LogP contribution in [-0.2, 0) is 10.5 Å². The lowest BCUT2D eigenvalue weighted by Crippen LogP contribution is -2.19. The van der Waals surface area contributed by atoms with Gasteiger partial charge in [-0.2, -0.15) is 5.10 Å². The Hall–Kier alpha value is -2.27. The molecule has 0 heterocycles. The van der Waals surface area contributed by atoms with Crippen molar-refractivity contribution in [3.63, 3.8) is 0 Å². The molecular formula is C21H26N2O2S. The van der Waals surface area contributed by atoms with Gasteiger partial charge in [0.1, 0.15) is 5.75 Å². The molecule has 0 aliphatic heterocycles. The molecule has 0 spiro atoms. The van der Waals surface area contributed by atoms with Gasteiger partial charge in [0.25, 0.3) is 0 Å². The van der Waals surface area contributed by atoms with Crippen LogP contribution < -0.4 is 10.2 Å². The molecule has 26 heavy (non-hydrogen) atoms. The normalized spacial score (nSPS) is 10.9. The minimum Gasteiger partial charge on any atom is -0.494 e. The van der Waals surface area contributed by atoms with E-state index in [1.807, 2.05) is 24.3 Å². The molecule has 5 heteroatoms. The Morgan fingerprint density at radius 3 is 2.50 bits per heavy atom. The highest BCUT2D eigenvalue weighted by Crippen LogP contribution is 2.15. The molecule has 2 aromatic rings. The molecule has 0 radical (unpaired) electrons. The first-order chi connectivity index (χ1) is 12.6. The Balaban J connectivity index is 1.71. The molecule has 4 nitrogen and oxygen atoms in total. The molecule has 0 aromatic heterocycles. The molecule has 1 amide bonds. The Bertz CT molecular complexity index is 722. The molecular weight excluding hydrogens is 344 g/mol. The lowest BCUT2D eigenvalue weighted by molar-refractivity contribution is -0.118. The first-order valence-corrected chi connectivity index (χ1v) is 9.92. The maximum Gasteiger partial charge on any atom is 0.250 e. The molecule has 0 bridgehead atoms. The Morgan fingerprint density at radius 1 is 1.15 bits per heavy atom. The van der Waals surface area contributed by atoms with Gasteiger partial charge in [-0.1, -0.05) is 36.2 Å². The first-order valence-electron chi connectivity index (χ1n) is 8.76. The fraction of sp³-hybridized carbons (Fsp3) is 0.333. The van der Waals surface area contributed by atoms with Gasteiger partial charge in [-0.15, -0.1) is 11.8 Å². The Kier molecular flexibility index (Phi) is 8.22. The highest BCUT2D eigenvalue weighted by molar-refractivity contribution is 7.99. The van der Waals surface area contributed by atoms with E-state index >= 15 is 0 Å². The van der Waals surface area contributed by atoms with Gasteiger partial charge in [0, 0.05) is 5.75 Å². The maximum atomic E-state index is 11.9. The Labute approximate surface area is 160 Å². The van der Waals surface area contributed by atoms with Crippen LogP contribution >= 0.6 is 11.8 Å². The van der Waals surface area contributed by atoms with Gasteiger partial charge in [-0.25, -0.2) is 5.43 Å². The number of nitrogens with zero attached hydrogens (tertiary/aromatic N) is 1. The van der Waals surface area contributed by atoms with E-state index in [2.05, 4.69) is 49.5 Å². The largest absolute Gasteiger partial charge is 0.494 e. The fourth-order valence-electron chi connectivity index (χ4n) is 2.50. The second kappa shape index (κ2) is 10.7.